The molecule has 0 atom stereocenters. The molecule has 0 heterocycles. The third kappa shape index (κ3) is 1.95. The summed E-state index contributed by atoms with van der Waals surface area (Å²) in [5, 5.41) is 21.4. The lowest BCUT2D eigenvalue weighted by Crippen LogP contribution is -2.09. The van der Waals surface area contributed by atoms with Crippen LogP contribution in [0.2, 0.25) is 0 Å². The zero-order valence-corrected chi connectivity index (χ0v) is 11.7. The topological polar surface area (TPSA) is 83.8 Å². The van der Waals surface area contributed by atoms with Gasteiger partial charge in [-0.3, -0.25) is 0 Å². The summed E-state index contributed by atoms with van der Waals surface area (Å²) in [7, 11) is 1.50. The van der Waals surface area contributed by atoms with Gasteiger partial charge in [-0.1, -0.05) is 30.3 Å². The van der Waals surface area contributed by atoms with E-state index in [1.165, 1.54) is 13.2 Å². The molecule has 22 heavy (non-hydrogen) atoms. The molecule has 5 heteroatoms. The van der Waals surface area contributed by atoms with Crippen molar-refractivity contribution in [2.24, 2.45) is 0 Å². The van der Waals surface area contributed by atoms with Gasteiger partial charge in [0.2, 0.25) is 0 Å². The number of ether oxygens (including phenoxy) is 1. The molecule has 0 fully saturated rings. The van der Waals surface area contributed by atoms with Crippen LogP contribution in [-0.4, -0.2) is 29.3 Å². The van der Waals surface area contributed by atoms with E-state index in [1.807, 2.05) is 24.3 Å². The Morgan fingerprint density at radius 2 is 1.50 bits per heavy atom. The normalized spacial score (nSPS) is 10.8. The number of hydrogen-bond acceptors (Lipinski definition) is 3. The van der Waals surface area contributed by atoms with Gasteiger partial charge < -0.3 is 14.9 Å². The average Bonchev–Trinajstić information content (AvgIpc) is 2.52. The molecule has 110 valence electrons. The molecule has 2 N–H and O–H groups in total. The summed E-state index contributed by atoms with van der Waals surface area (Å²) < 4.78 is 5.33. The molecule has 0 unspecified atom stereocenters. The maximum atomic E-state index is 11.6. The first kappa shape index (κ1) is 13.9. The van der Waals surface area contributed by atoms with Crippen LogP contribution in [0.3, 0.4) is 0 Å². The summed E-state index contributed by atoms with van der Waals surface area (Å²) in [4.78, 5) is 22.9. The number of benzene rings is 3. The Hall–Kier alpha value is -3.08. The molecule has 0 amide bonds. The van der Waals surface area contributed by atoms with Crippen LogP contribution in [0.5, 0.6) is 5.75 Å². The maximum absolute atomic E-state index is 11.6. The van der Waals surface area contributed by atoms with Crippen LogP contribution in [0.4, 0.5) is 0 Å². The van der Waals surface area contributed by atoms with Crippen LogP contribution >= 0.6 is 0 Å². The molecule has 3 aromatic rings. The number of hydrogen-bond donors (Lipinski definition) is 2. The predicted octanol–water partition coefficient (Wildman–Crippen LogP) is 3.40. The fraction of sp³-hybridized carbons (Fsp3) is 0.0588. The van der Waals surface area contributed by atoms with Gasteiger partial charge in [0, 0.05) is 10.8 Å². The molecule has 3 rings (SSSR count). The lowest BCUT2D eigenvalue weighted by atomic mass is 9.94. The summed E-state index contributed by atoms with van der Waals surface area (Å²) in [6.07, 6.45) is 0. The highest BCUT2D eigenvalue weighted by molar-refractivity contribution is 6.19. The first-order valence-electron chi connectivity index (χ1n) is 6.53. The summed E-state index contributed by atoms with van der Waals surface area (Å²) >= 11 is 0. The lowest BCUT2D eigenvalue weighted by Gasteiger charge is -2.12. The third-order valence-corrected chi connectivity index (χ3v) is 3.67. The number of methoxy groups -OCH3 is 1. The van der Waals surface area contributed by atoms with E-state index in [9.17, 15) is 19.8 Å². The molecule has 0 aliphatic carbocycles. The van der Waals surface area contributed by atoms with Crippen molar-refractivity contribution in [3.8, 4) is 5.75 Å². The second-order valence-corrected chi connectivity index (χ2v) is 4.82. The van der Waals surface area contributed by atoms with Gasteiger partial charge in [-0.15, -0.1) is 0 Å². The van der Waals surface area contributed by atoms with Crippen molar-refractivity contribution in [2.45, 2.75) is 0 Å². The van der Waals surface area contributed by atoms with Crippen molar-refractivity contribution in [3.63, 3.8) is 0 Å². The molecular formula is C17H12O5. The zero-order valence-electron chi connectivity index (χ0n) is 11.7. The molecule has 0 aliphatic heterocycles. The van der Waals surface area contributed by atoms with E-state index in [1.54, 1.807) is 12.1 Å². The molecule has 0 spiro atoms. The average molecular weight is 296 g/mol. The quantitative estimate of drug-likeness (QED) is 0.724. The number of carboxylic acid groups (broad SMARTS) is 2. The highest BCUT2D eigenvalue weighted by Crippen LogP contribution is 2.36. The van der Waals surface area contributed by atoms with Crippen molar-refractivity contribution in [3.05, 3.63) is 53.6 Å². The Labute approximate surface area is 125 Å². The molecule has 0 bridgehead atoms. The second kappa shape index (κ2) is 5.04. The van der Waals surface area contributed by atoms with Gasteiger partial charge in [-0.05, 0) is 22.9 Å². The van der Waals surface area contributed by atoms with Crippen LogP contribution in [0.1, 0.15) is 20.7 Å². The van der Waals surface area contributed by atoms with Gasteiger partial charge in [0.25, 0.3) is 0 Å². The Morgan fingerprint density at radius 1 is 0.864 bits per heavy atom. The Kier molecular flexibility index (Phi) is 3.18. The number of aromatic carboxylic acids is 2. The molecule has 3 aromatic carbocycles. The summed E-state index contributed by atoms with van der Waals surface area (Å²) in [5.74, 6) is -2.04. The van der Waals surface area contributed by atoms with E-state index in [-0.39, 0.29) is 11.1 Å². The largest absolute Gasteiger partial charge is 0.496 e. The minimum atomic E-state index is -1.28. The third-order valence-electron chi connectivity index (χ3n) is 3.67. The van der Waals surface area contributed by atoms with Crippen LogP contribution in [0, 0.1) is 0 Å². The highest BCUT2D eigenvalue weighted by Gasteiger charge is 2.21. The highest BCUT2D eigenvalue weighted by atomic mass is 16.5. The van der Waals surface area contributed by atoms with Gasteiger partial charge in [-0.2, -0.15) is 0 Å². The molecule has 0 aromatic heterocycles. The number of rotatable bonds is 3. The van der Waals surface area contributed by atoms with E-state index < -0.39 is 11.9 Å². The minimum absolute atomic E-state index is 0.228. The van der Waals surface area contributed by atoms with Crippen LogP contribution < -0.4 is 4.74 Å². The smallest absolute Gasteiger partial charge is 0.337 e. The Morgan fingerprint density at radius 3 is 2.09 bits per heavy atom. The molecule has 0 saturated carbocycles. The number of carboxylic acids is 2. The van der Waals surface area contributed by atoms with Crippen molar-refractivity contribution < 1.29 is 24.5 Å². The van der Waals surface area contributed by atoms with Crippen molar-refractivity contribution in [1.82, 2.24) is 0 Å². The molecule has 0 radical (unpaired) electrons. The van der Waals surface area contributed by atoms with E-state index in [0.29, 0.717) is 16.5 Å². The summed E-state index contributed by atoms with van der Waals surface area (Å²) in [5.41, 5.74) is -0.466. The molecule has 5 nitrogen and oxygen atoms in total. The van der Waals surface area contributed by atoms with E-state index in [0.717, 1.165) is 10.8 Å². The van der Waals surface area contributed by atoms with Crippen LogP contribution in [0.25, 0.3) is 21.5 Å². The predicted molar refractivity (Wildman–Crippen MR) is 81.9 cm³/mol. The summed E-state index contributed by atoms with van der Waals surface area (Å²) in [6.45, 7) is 0. The molecule has 0 saturated heterocycles. The Bertz CT molecular complexity index is 927. The number of carbonyl (C=O) groups is 2. The molecule has 0 aliphatic rings. The van der Waals surface area contributed by atoms with E-state index in [4.69, 9.17) is 4.74 Å². The van der Waals surface area contributed by atoms with Crippen LogP contribution in [-0.2, 0) is 0 Å². The maximum Gasteiger partial charge on any atom is 0.337 e. The van der Waals surface area contributed by atoms with Gasteiger partial charge in [0.1, 0.15) is 5.75 Å². The van der Waals surface area contributed by atoms with Crippen molar-refractivity contribution >= 4 is 33.5 Å². The number of fused-ring (bicyclic) bond motifs is 3. The zero-order chi connectivity index (χ0) is 15.9. The standard InChI is InChI=1S/C17H12O5/c1-22-14-8-13-10(9-4-2-3-5-11(9)14)6-7-12(16(18)19)15(13)17(20)21/h2-8H,1H3,(H,18,19)(H,20,21). The molecular weight excluding hydrogens is 284 g/mol. The lowest BCUT2D eigenvalue weighted by molar-refractivity contribution is 0.0653. The fourth-order valence-corrected chi connectivity index (χ4v) is 2.72. The van der Waals surface area contributed by atoms with Gasteiger partial charge in [-0.25, -0.2) is 9.59 Å². The van der Waals surface area contributed by atoms with Crippen molar-refractivity contribution in [1.29, 1.82) is 0 Å². The SMILES string of the molecule is COc1cc2c(C(=O)O)c(C(=O)O)ccc2c2ccccc12. The first-order valence-corrected chi connectivity index (χ1v) is 6.53. The van der Waals surface area contributed by atoms with E-state index >= 15 is 0 Å². The Balaban J connectivity index is 2.57. The van der Waals surface area contributed by atoms with Gasteiger partial charge in [0.15, 0.2) is 0 Å². The summed E-state index contributed by atoms with van der Waals surface area (Å²) in [6, 6.07) is 12.0. The van der Waals surface area contributed by atoms with Gasteiger partial charge >= 0.3 is 11.9 Å². The second-order valence-electron chi connectivity index (χ2n) is 4.82. The van der Waals surface area contributed by atoms with Crippen LogP contribution in [0.15, 0.2) is 42.5 Å². The van der Waals surface area contributed by atoms with E-state index in [2.05, 4.69) is 0 Å². The first-order chi connectivity index (χ1) is 10.5. The van der Waals surface area contributed by atoms with Crippen molar-refractivity contribution in [2.75, 3.05) is 7.11 Å². The monoisotopic (exact) mass is 296 g/mol. The van der Waals surface area contributed by atoms with Gasteiger partial charge in [0.05, 0.1) is 18.2 Å². The fourth-order valence-electron chi connectivity index (χ4n) is 2.72. The minimum Gasteiger partial charge on any atom is -0.496 e.